The first-order valence-electron chi connectivity index (χ1n) is 11.1. The summed E-state index contributed by atoms with van der Waals surface area (Å²) >= 11 is 0. The summed E-state index contributed by atoms with van der Waals surface area (Å²) in [6, 6.07) is 37.9. The number of fused-ring (bicyclic) bond motifs is 1. The van der Waals surface area contributed by atoms with Crippen LogP contribution in [0.3, 0.4) is 0 Å². The fourth-order valence-corrected chi connectivity index (χ4v) is 4.18. The van der Waals surface area contributed by atoms with Crippen LogP contribution >= 0.6 is 0 Å². The molecule has 0 N–H and O–H groups in total. The molecule has 0 aliphatic carbocycles. The minimum Gasteiger partial charge on any atom is -0.471 e. The van der Waals surface area contributed by atoms with Crippen molar-refractivity contribution < 1.29 is 21.1 Å². The molecule has 0 saturated heterocycles. The largest absolute Gasteiger partial charge is 2.00 e. The number of benzene rings is 3. The van der Waals surface area contributed by atoms with Gasteiger partial charge in [0.1, 0.15) is 11.5 Å². The van der Waals surface area contributed by atoms with E-state index < -0.39 is 0 Å². The van der Waals surface area contributed by atoms with Gasteiger partial charge in [0, 0.05) is 12.7 Å². The minimum atomic E-state index is 0. The summed E-state index contributed by atoms with van der Waals surface area (Å²) in [4.78, 5) is 12.0. The number of aryl methyl sites for hydroxylation is 1. The van der Waals surface area contributed by atoms with Gasteiger partial charge in [0.05, 0.1) is 11.0 Å². The molecule has 5 nitrogen and oxygen atoms in total. The standard InChI is InChI=1S/C29H21N5.Pt/c1-32-27-17-6-5-15-25(27)31-29(32)26-16-10-18-28(30-26)34(22-11-3-2-4-12-22)24-14-9-13-23(21-24)33-19-7-8-20-33;/h2-19H,1H3;/q-2;+2. The smallest absolute Gasteiger partial charge is 0.471 e. The zero-order chi connectivity index (χ0) is 22.9. The monoisotopic (exact) mass is 634 g/mol. The van der Waals surface area contributed by atoms with Crippen LogP contribution in [0.5, 0.6) is 0 Å². The number of imidazole rings is 1. The average molecular weight is 635 g/mol. The van der Waals surface area contributed by atoms with E-state index >= 15 is 0 Å². The van der Waals surface area contributed by atoms with Gasteiger partial charge in [0.2, 0.25) is 0 Å². The maximum Gasteiger partial charge on any atom is 2.00 e. The van der Waals surface area contributed by atoms with Crippen LogP contribution < -0.4 is 4.90 Å². The van der Waals surface area contributed by atoms with Crippen LogP contribution in [0, 0.1) is 12.3 Å². The molecule has 6 rings (SSSR count). The van der Waals surface area contributed by atoms with Crippen molar-refractivity contribution in [1.29, 1.82) is 0 Å². The summed E-state index contributed by atoms with van der Waals surface area (Å²) < 4.78 is 4.01. The second-order valence-electron chi connectivity index (χ2n) is 7.96. The Balaban J connectivity index is 0.00000253. The minimum absolute atomic E-state index is 0. The third kappa shape index (κ3) is 4.31. The molecule has 3 aromatic heterocycles. The number of rotatable bonds is 5. The van der Waals surface area contributed by atoms with E-state index in [-0.39, 0.29) is 21.1 Å². The molecule has 0 aliphatic rings. The second-order valence-corrected chi connectivity index (χ2v) is 7.96. The first kappa shape index (κ1) is 22.8. The molecule has 6 aromatic rings. The summed E-state index contributed by atoms with van der Waals surface area (Å²) in [5, 5.41) is 0. The average Bonchev–Trinajstić information content (AvgIpc) is 3.54. The van der Waals surface area contributed by atoms with E-state index in [4.69, 9.17) is 9.97 Å². The van der Waals surface area contributed by atoms with Crippen molar-refractivity contribution in [3.8, 4) is 17.2 Å². The van der Waals surface area contributed by atoms with E-state index in [0.29, 0.717) is 0 Å². The molecule has 0 radical (unpaired) electrons. The van der Waals surface area contributed by atoms with Crippen LogP contribution in [0.15, 0.2) is 109 Å². The molecule has 0 atom stereocenters. The summed E-state index contributed by atoms with van der Waals surface area (Å²) in [6.07, 6.45) is 5.15. The molecule has 0 bridgehead atoms. The summed E-state index contributed by atoms with van der Waals surface area (Å²) in [5.74, 6) is 1.62. The van der Waals surface area contributed by atoms with Crippen LogP contribution in [0.1, 0.15) is 0 Å². The zero-order valence-electron chi connectivity index (χ0n) is 18.9. The van der Waals surface area contributed by atoms with Crippen LogP contribution in [0.4, 0.5) is 17.2 Å². The SMILES string of the molecule is Cn1c(-c2cccc(N(c3[c-]c(-n4[c-]ccc4)ccc3)c3ccccc3)n2)nc2ccccc21.[Pt+2]. The first-order valence-corrected chi connectivity index (χ1v) is 11.1. The Morgan fingerprint density at radius 1 is 0.771 bits per heavy atom. The van der Waals surface area contributed by atoms with Gasteiger partial charge < -0.3 is 14.0 Å². The Morgan fingerprint density at radius 3 is 2.37 bits per heavy atom. The van der Waals surface area contributed by atoms with E-state index in [0.717, 1.165) is 45.4 Å². The van der Waals surface area contributed by atoms with Gasteiger partial charge in [-0.05, 0) is 36.4 Å². The second kappa shape index (κ2) is 9.73. The van der Waals surface area contributed by atoms with Gasteiger partial charge >= 0.3 is 21.1 Å². The number of nitrogens with zero attached hydrogens (tertiary/aromatic N) is 5. The van der Waals surface area contributed by atoms with Crippen molar-refractivity contribution in [2.24, 2.45) is 7.05 Å². The van der Waals surface area contributed by atoms with Crippen molar-refractivity contribution in [1.82, 2.24) is 19.1 Å². The van der Waals surface area contributed by atoms with Gasteiger partial charge in [-0.3, -0.25) is 0 Å². The van der Waals surface area contributed by atoms with Crippen molar-refractivity contribution in [2.75, 3.05) is 4.90 Å². The Morgan fingerprint density at radius 2 is 1.57 bits per heavy atom. The topological polar surface area (TPSA) is 38.9 Å². The summed E-state index contributed by atoms with van der Waals surface area (Å²) in [7, 11) is 2.03. The molecule has 0 aliphatic heterocycles. The molecular formula is C29H21N5Pt. The van der Waals surface area contributed by atoms with E-state index in [1.165, 1.54) is 0 Å². The summed E-state index contributed by atoms with van der Waals surface area (Å²) in [5.41, 5.74) is 5.65. The predicted octanol–water partition coefficient (Wildman–Crippen LogP) is 6.49. The van der Waals surface area contributed by atoms with Crippen molar-refractivity contribution in [3.63, 3.8) is 0 Å². The summed E-state index contributed by atoms with van der Waals surface area (Å²) in [6.45, 7) is 0. The Bertz CT molecular complexity index is 1570. The molecule has 35 heavy (non-hydrogen) atoms. The van der Waals surface area contributed by atoms with E-state index in [9.17, 15) is 0 Å². The molecular weight excluding hydrogens is 613 g/mol. The molecule has 6 heteroatoms. The third-order valence-electron chi connectivity index (χ3n) is 5.80. The van der Waals surface area contributed by atoms with E-state index in [2.05, 4.69) is 39.9 Å². The number of hydrogen-bond acceptors (Lipinski definition) is 3. The molecule has 0 fully saturated rings. The molecule has 0 unspecified atom stereocenters. The molecule has 172 valence electrons. The maximum absolute atomic E-state index is 5.05. The number of pyridine rings is 1. The van der Waals surface area contributed by atoms with Gasteiger partial charge in [-0.1, -0.05) is 48.3 Å². The van der Waals surface area contributed by atoms with Gasteiger partial charge in [-0.25, -0.2) is 9.97 Å². The number of aromatic nitrogens is 4. The van der Waals surface area contributed by atoms with Crippen molar-refractivity contribution in [3.05, 3.63) is 122 Å². The van der Waals surface area contributed by atoms with Gasteiger partial charge in [0.25, 0.3) is 0 Å². The zero-order valence-corrected chi connectivity index (χ0v) is 21.2. The molecule has 3 heterocycles. The Kier molecular flexibility index (Phi) is 6.34. The fraction of sp³-hybridized carbons (Fsp3) is 0.0345. The normalized spacial score (nSPS) is 10.8. The Labute approximate surface area is 218 Å². The quantitative estimate of drug-likeness (QED) is 0.204. The van der Waals surface area contributed by atoms with Gasteiger partial charge in [0.15, 0.2) is 5.82 Å². The Hall–Kier alpha value is -3.95. The fourth-order valence-electron chi connectivity index (χ4n) is 4.18. The number of hydrogen-bond donors (Lipinski definition) is 0. The van der Waals surface area contributed by atoms with E-state index in [1.807, 2.05) is 103 Å². The number of para-hydroxylation sites is 3. The maximum atomic E-state index is 5.05. The molecule has 3 aromatic carbocycles. The van der Waals surface area contributed by atoms with Crippen LogP contribution in [-0.2, 0) is 28.1 Å². The van der Waals surface area contributed by atoms with Gasteiger partial charge in [-0.15, -0.1) is 18.3 Å². The first-order chi connectivity index (χ1) is 16.8. The van der Waals surface area contributed by atoms with Crippen molar-refractivity contribution >= 4 is 28.2 Å². The van der Waals surface area contributed by atoms with E-state index in [1.54, 1.807) is 0 Å². The van der Waals surface area contributed by atoms with Crippen molar-refractivity contribution in [2.45, 2.75) is 0 Å². The molecule has 0 amide bonds. The molecule has 0 spiro atoms. The van der Waals surface area contributed by atoms with Crippen LogP contribution in [-0.4, -0.2) is 19.1 Å². The van der Waals surface area contributed by atoms with Crippen LogP contribution in [0.25, 0.3) is 28.2 Å². The van der Waals surface area contributed by atoms with Crippen LogP contribution in [0.2, 0.25) is 0 Å². The van der Waals surface area contributed by atoms with Gasteiger partial charge in [-0.2, -0.15) is 30.0 Å². The third-order valence-corrected chi connectivity index (χ3v) is 5.80. The predicted molar refractivity (Wildman–Crippen MR) is 136 cm³/mol. The number of anilines is 3. The molecule has 0 saturated carbocycles.